The predicted octanol–water partition coefficient (Wildman–Crippen LogP) is -0.00650. The van der Waals surface area contributed by atoms with Crippen molar-refractivity contribution in [1.29, 1.82) is 0 Å². The summed E-state index contributed by atoms with van der Waals surface area (Å²) in [5.74, 6) is -0.239. The molecule has 0 aliphatic carbocycles. The minimum absolute atomic E-state index is 0.243. The Morgan fingerprint density at radius 1 is 1.90 bits per heavy atom. The van der Waals surface area contributed by atoms with Crippen LogP contribution in [-0.4, -0.2) is 32.9 Å². The molecule has 0 fully saturated rings. The number of methoxy groups -OCH3 is 1. The van der Waals surface area contributed by atoms with Gasteiger partial charge in [0.25, 0.3) is 7.98 Å². The van der Waals surface area contributed by atoms with Crippen LogP contribution in [0.3, 0.4) is 0 Å². The molecule has 10 heavy (non-hydrogen) atoms. The highest BCUT2D eigenvalue weighted by atomic mass is 32.1. The molecule has 4 nitrogen and oxygen atoms in total. The molecule has 54 valence electrons. The summed E-state index contributed by atoms with van der Waals surface area (Å²) < 4.78 is 4.36. The van der Waals surface area contributed by atoms with Gasteiger partial charge in [-0.2, -0.15) is 17.7 Å². The molecule has 0 aromatic rings. The Kier molecular flexibility index (Phi) is 5.01. The third-order valence-electron chi connectivity index (χ3n) is 0.852. The molecule has 2 radical (unpaired) electrons. The smallest absolute Gasteiger partial charge is 0.333 e. The predicted molar refractivity (Wildman–Crippen MR) is 40.3 cm³/mol. The van der Waals surface area contributed by atoms with Crippen molar-refractivity contribution in [3.05, 3.63) is 0 Å². The highest BCUT2D eigenvalue weighted by molar-refractivity contribution is 7.80. The number of ether oxygens (including phenoxy) is 1. The standard InChI is InChI=1S/C4H7BN2O2S/c1-9-4(8)3(2-10)6-7-5/h3,10H,2H2,1H3. The van der Waals surface area contributed by atoms with E-state index in [1.54, 1.807) is 0 Å². The lowest BCUT2D eigenvalue weighted by Gasteiger charge is -2.03. The minimum atomic E-state index is -0.682. The Balaban J connectivity index is 3.93. The molecule has 0 aromatic carbocycles. The van der Waals surface area contributed by atoms with Gasteiger partial charge in [0, 0.05) is 5.75 Å². The van der Waals surface area contributed by atoms with Crippen LogP contribution in [0, 0.1) is 0 Å². The van der Waals surface area contributed by atoms with Gasteiger partial charge in [-0.3, -0.25) is 5.03 Å². The third kappa shape index (κ3) is 2.86. The molecule has 0 bridgehead atoms. The lowest BCUT2D eigenvalue weighted by Crippen LogP contribution is -2.21. The maximum absolute atomic E-state index is 10.7. The van der Waals surface area contributed by atoms with Crippen LogP contribution in [0.25, 0.3) is 0 Å². The number of nitrogens with zero attached hydrogens (tertiary/aromatic N) is 2. The molecule has 0 N–H and O–H groups in total. The fraction of sp³-hybridized carbons (Fsp3) is 0.750. The molecule has 0 rings (SSSR count). The molecule has 0 saturated heterocycles. The summed E-state index contributed by atoms with van der Waals surface area (Å²) in [5, 5.41) is 6.32. The summed E-state index contributed by atoms with van der Waals surface area (Å²) in [6.07, 6.45) is 0. The molecule has 0 aromatic heterocycles. The van der Waals surface area contributed by atoms with E-state index in [4.69, 9.17) is 7.98 Å². The maximum Gasteiger partial charge on any atom is 0.333 e. The van der Waals surface area contributed by atoms with E-state index < -0.39 is 12.0 Å². The molecular formula is C4H7BN2O2S. The van der Waals surface area contributed by atoms with Crippen LogP contribution in [0.15, 0.2) is 10.1 Å². The Morgan fingerprint density at radius 2 is 2.50 bits per heavy atom. The van der Waals surface area contributed by atoms with Crippen LogP contribution in [0.4, 0.5) is 0 Å². The summed E-state index contributed by atoms with van der Waals surface area (Å²) in [4.78, 5) is 10.7. The number of carbonyl (C=O) groups is 1. The molecule has 0 spiro atoms. The van der Waals surface area contributed by atoms with E-state index in [1.165, 1.54) is 7.11 Å². The van der Waals surface area contributed by atoms with Gasteiger partial charge in [0.05, 0.1) is 7.11 Å². The molecule has 0 heterocycles. The van der Waals surface area contributed by atoms with E-state index in [9.17, 15) is 4.79 Å². The molecule has 0 aliphatic rings. The van der Waals surface area contributed by atoms with Gasteiger partial charge < -0.3 is 4.74 Å². The van der Waals surface area contributed by atoms with Crippen molar-refractivity contribution in [2.75, 3.05) is 12.9 Å². The Bertz CT molecular complexity index is 141. The second kappa shape index (κ2) is 5.28. The van der Waals surface area contributed by atoms with E-state index >= 15 is 0 Å². The van der Waals surface area contributed by atoms with Gasteiger partial charge >= 0.3 is 5.97 Å². The van der Waals surface area contributed by atoms with Gasteiger partial charge in [0.15, 0.2) is 6.04 Å². The molecule has 0 saturated carbocycles. The van der Waals surface area contributed by atoms with Crippen molar-refractivity contribution in [3.63, 3.8) is 0 Å². The Morgan fingerprint density at radius 3 is 2.80 bits per heavy atom. The van der Waals surface area contributed by atoms with Crippen LogP contribution in [-0.2, 0) is 9.53 Å². The number of thiol groups is 1. The normalized spacial score (nSPS) is 13.4. The number of rotatable bonds is 3. The lowest BCUT2D eigenvalue weighted by atomic mass is 10.4. The average Bonchev–Trinajstić information content (AvgIpc) is 1.99. The second-order valence-electron chi connectivity index (χ2n) is 1.45. The number of esters is 1. The number of carbonyl (C=O) groups excluding carboxylic acids is 1. The topological polar surface area (TPSA) is 51.0 Å². The van der Waals surface area contributed by atoms with Crippen LogP contribution in [0.5, 0.6) is 0 Å². The Labute approximate surface area is 65.9 Å². The SMILES string of the molecule is [B]N=NC(CS)C(=O)OC. The molecular weight excluding hydrogens is 151 g/mol. The van der Waals surface area contributed by atoms with Gasteiger partial charge in [-0.15, -0.1) is 0 Å². The van der Waals surface area contributed by atoms with Crippen molar-refractivity contribution in [1.82, 2.24) is 0 Å². The molecule has 1 unspecified atom stereocenters. The van der Waals surface area contributed by atoms with Crippen LogP contribution < -0.4 is 0 Å². The summed E-state index contributed by atoms with van der Waals surface area (Å²) in [5.41, 5.74) is 0. The Hall–Kier alpha value is -0.515. The van der Waals surface area contributed by atoms with E-state index in [2.05, 4.69) is 27.5 Å². The molecule has 0 amide bonds. The monoisotopic (exact) mass is 158 g/mol. The fourth-order valence-corrected chi connectivity index (χ4v) is 0.597. The lowest BCUT2D eigenvalue weighted by molar-refractivity contribution is -0.141. The number of hydrogen-bond donors (Lipinski definition) is 1. The average molecular weight is 158 g/mol. The molecule has 1 atom stereocenters. The first kappa shape index (κ1) is 9.48. The van der Waals surface area contributed by atoms with E-state index in [0.29, 0.717) is 0 Å². The van der Waals surface area contributed by atoms with Crippen molar-refractivity contribution in [3.8, 4) is 0 Å². The van der Waals surface area contributed by atoms with Gasteiger partial charge in [-0.25, -0.2) is 4.79 Å². The molecule has 0 aliphatic heterocycles. The van der Waals surface area contributed by atoms with Crippen molar-refractivity contribution >= 4 is 26.6 Å². The quantitative estimate of drug-likeness (QED) is 0.272. The minimum Gasteiger partial charge on any atom is -0.467 e. The highest BCUT2D eigenvalue weighted by Crippen LogP contribution is 1.96. The summed E-state index contributed by atoms with van der Waals surface area (Å²) in [6.45, 7) is 0. The van der Waals surface area contributed by atoms with Crippen LogP contribution in [0.1, 0.15) is 0 Å². The summed E-state index contributed by atoms with van der Waals surface area (Å²) >= 11 is 3.83. The van der Waals surface area contributed by atoms with Gasteiger partial charge in [-0.05, 0) is 0 Å². The molecule has 6 heteroatoms. The maximum atomic E-state index is 10.7. The first-order valence-electron chi connectivity index (χ1n) is 2.55. The number of hydrogen-bond acceptors (Lipinski definition) is 5. The van der Waals surface area contributed by atoms with Gasteiger partial charge in [0.1, 0.15) is 0 Å². The second-order valence-corrected chi connectivity index (χ2v) is 1.82. The van der Waals surface area contributed by atoms with Gasteiger partial charge in [0.2, 0.25) is 0 Å². The van der Waals surface area contributed by atoms with Crippen molar-refractivity contribution in [2.45, 2.75) is 6.04 Å². The van der Waals surface area contributed by atoms with Crippen LogP contribution >= 0.6 is 12.6 Å². The zero-order valence-corrected chi connectivity index (χ0v) is 6.41. The fourth-order valence-electron chi connectivity index (χ4n) is 0.375. The van der Waals surface area contributed by atoms with Crippen molar-refractivity contribution in [2.24, 2.45) is 10.1 Å². The third-order valence-corrected chi connectivity index (χ3v) is 1.20. The van der Waals surface area contributed by atoms with E-state index in [-0.39, 0.29) is 5.75 Å². The van der Waals surface area contributed by atoms with E-state index in [0.717, 1.165) is 0 Å². The first-order chi connectivity index (χ1) is 4.76. The summed E-state index contributed by atoms with van der Waals surface area (Å²) in [7, 11) is 5.98. The summed E-state index contributed by atoms with van der Waals surface area (Å²) in [6, 6.07) is -0.682. The van der Waals surface area contributed by atoms with Crippen molar-refractivity contribution < 1.29 is 9.53 Å². The largest absolute Gasteiger partial charge is 0.467 e. The first-order valence-corrected chi connectivity index (χ1v) is 3.18. The van der Waals surface area contributed by atoms with E-state index in [1.807, 2.05) is 0 Å². The highest BCUT2D eigenvalue weighted by Gasteiger charge is 2.14. The van der Waals surface area contributed by atoms with Gasteiger partial charge in [-0.1, -0.05) is 0 Å². The zero-order chi connectivity index (χ0) is 7.98. The zero-order valence-electron chi connectivity index (χ0n) is 5.52. The van der Waals surface area contributed by atoms with Crippen LogP contribution in [0.2, 0.25) is 0 Å².